The van der Waals surface area contributed by atoms with Gasteiger partial charge in [0, 0.05) is 33.7 Å². The summed E-state index contributed by atoms with van der Waals surface area (Å²) < 4.78 is -0.135. The lowest BCUT2D eigenvalue weighted by Gasteiger charge is -2.23. The molecule has 2 rings (SSSR count). The molecule has 0 aliphatic carbocycles. The Morgan fingerprint density at radius 2 is 2.04 bits per heavy atom. The van der Waals surface area contributed by atoms with Crippen molar-refractivity contribution >= 4 is 23.2 Å². The molecule has 1 aliphatic heterocycles. The van der Waals surface area contributed by atoms with Crippen molar-refractivity contribution in [3.8, 4) is 0 Å². The number of hydrogen-bond acceptors (Lipinski definition) is 5. The number of hydrogen-bond donors (Lipinski definition) is 1. The molecule has 1 saturated heterocycles. The lowest BCUT2D eigenvalue weighted by Crippen LogP contribution is -2.28. The Bertz CT molecular complexity index is 642. The van der Waals surface area contributed by atoms with Crippen molar-refractivity contribution in [3.05, 3.63) is 67.7 Å². The number of halogens is 2. The van der Waals surface area contributed by atoms with Crippen molar-refractivity contribution in [2.24, 2.45) is 0 Å². The number of likely N-dealkylation sites (N-methyl/N-ethyl adjacent to an activating group) is 2. The van der Waals surface area contributed by atoms with Crippen LogP contribution in [0.5, 0.6) is 0 Å². The summed E-state index contributed by atoms with van der Waals surface area (Å²) in [5.41, 5.74) is 1.07. The van der Waals surface area contributed by atoms with Gasteiger partial charge in [-0.25, -0.2) is 0 Å². The molecule has 0 bridgehead atoms. The fraction of sp³-hybridized carbons (Fsp3) is 0.333. The summed E-state index contributed by atoms with van der Waals surface area (Å²) in [7, 11) is 3.52. The highest BCUT2D eigenvalue weighted by molar-refractivity contribution is 6.56. The molecule has 0 amide bonds. The molecule has 0 radical (unpaired) electrons. The van der Waals surface area contributed by atoms with Gasteiger partial charge >= 0.3 is 5.70 Å². The van der Waals surface area contributed by atoms with Crippen molar-refractivity contribution in [2.75, 3.05) is 27.2 Å². The van der Waals surface area contributed by atoms with Crippen molar-refractivity contribution in [3.63, 3.8) is 0 Å². The van der Waals surface area contributed by atoms with E-state index in [-0.39, 0.29) is 15.9 Å². The van der Waals surface area contributed by atoms with Crippen LogP contribution in [0.2, 0.25) is 0 Å². The van der Waals surface area contributed by atoms with Gasteiger partial charge in [0.25, 0.3) is 0 Å². The molecule has 1 aromatic rings. The molecule has 1 heterocycles. The average Bonchev–Trinajstić information content (AvgIpc) is 2.90. The largest absolute Gasteiger partial charge is 0.364 e. The van der Waals surface area contributed by atoms with Gasteiger partial charge in [0.2, 0.25) is 0 Å². The minimum Gasteiger partial charge on any atom is -0.364 e. The second-order valence-electron chi connectivity index (χ2n) is 5.25. The second kappa shape index (κ2) is 7.57. The zero-order valence-corrected chi connectivity index (χ0v) is 14.4. The Hall–Kier alpha value is -1.92. The summed E-state index contributed by atoms with van der Waals surface area (Å²) in [5, 5.41) is 14.7. The fourth-order valence-corrected chi connectivity index (χ4v) is 2.96. The van der Waals surface area contributed by atoms with Gasteiger partial charge in [-0.1, -0.05) is 53.5 Å². The highest BCUT2D eigenvalue weighted by atomic mass is 35.5. The van der Waals surface area contributed by atoms with Gasteiger partial charge in [-0.2, -0.15) is 0 Å². The van der Waals surface area contributed by atoms with E-state index < -0.39 is 4.92 Å². The van der Waals surface area contributed by atoms with Crippen molar-refractivity contribution in [1.82, 2.24) is 15.1 Å². The fourth-order valence-electron chi connectivity index (χ4n) is 2.49. The van der Waals surface area contributed by atoms with E-state index in [2.05, 4.69) is 5.32 Å². The third kappa shape index (κ3) is 4.09. The van der Waals surface area contributed by atoms with E-state index in [9.17, 15) is 10.1 Å². The summed E-state index contributed by atoms with van der Waals surface area (Å²) in [6.45, 7) is 1.77. The standard InChI is InChI=1S/C15H18Cl2N4O2/c1-19-9-8-18-15(19)13(21(22)23)12(14(16)17)20(2)10-11-6-4-3-5-7-11/h3-7,18H,8-10H2,1-2H3/b15-13-. The predicted octanol–water partition coefficient (Wildman–Crippen LogP) is 2.75. The molecule has 0 unspecified atom stereocenters. The molecule has 0 aromatic heterocycles. The first-order valence-corrected chi connectivity index (χ1v) is 7.81. The number of rotatable bonds is 5. The summed E-state index contributed by atoms with van der Waals surface area (Å²) in [6, 6.07) is 9.61. The van der Waals surface area contributed by atoms with E-state index in [1.54, 1.807) is 23.9 Å². The van der Waals surface area contributed by atoms with Crippen LogP contribution in [-0.4, -0.2) is 41.9 Å². The quantitative estimate of drug-likeness (QED) is 0.649. The third-order valence-corrected chi connectivity index (χ3v) is 3.93. The van der Waals surface area contributed by atoms with Gasteiger partial charge in [-0.05, 0) is 5.56 Å². The van der Waals surface area contributed by atoms with E-state index >= 15 is 0 Å². The van der Waals surface area contributed by atoms with Gasteiger partial charge in [-0.15, -0.1) is 0 Å². The normalized spacial score (nSPS) is 15.9. The van der Waals surface area contributed by atoms with Crippen molar-refractivity contribution in [1.29, 1.82) is 0 Å². The molecular formula is C15H18Cl2N4O2. The summed E-state index contributed by atoms with van der Waals surface area (Å²) in [5.74, 6) is 0.420. The van der Waals surface area contributed by atoms with Gasteiger partial charge in [0.1, 0.15) is 4.49 Å². The second-order valence-corrected chi connectivity index (χ2v) is 6.20. The van der Waals surface area contributed by atoms with E-state index in [1.807, 2.05) is 30.3 Å². The molecule has 124 valence electrons. The minimum atomic E-state index is -0.453. The Morgan fingerprint density at radius 3 is 2.52 bits per heavy atom. The van der Waals surface area contributed by atoms with Crippen LogP contribution >= 0.6 is 23.2 Å². The molecular weight excluding hydrogens is 339 g/mol. The van der Waals surface area contributed by atoms with Crippen LogP contribution in [0.4, 0.5) is 0 Å². The van der Waals surface area contributed by atoms with E-state index in [0.29, 0.717) is 25.5 Å². The van der Waals surface area contributed by atoms with Crippen LogP contribution in [0.1, 0.15) is 5.56 Å². The van der Waals surface area contributed by atoms with Gasteiger partial charge in [0.05, 0.1) is 4.92 Å². The summed E-state index contributed by atoms with van der Waals surface area (Å²) >= 11 is 12.0. The molecule has 8 heteroatoms. The monoisotopic (exact) mass is 356 g/mol. The maximum absolute atomic E-state index is 11.6. The van der Waals surface area contributed by atoms with Gasteiger partial charge < -0.3 is 15.1 Å². The van der Waals surface area contributed by atoms with Crippen LogP contribution < -0.4 is 5.32 Å². The Balaban J connectivity index is 2.41. The van der Waals surface area contributed by atoms with Crippen LogP contribution in [0.3, 0.4) is 0 Å². The van der Waals surface area contributed by atoms with Crippen LogP contribution in [0.15, 0.2) is 52.0 Å². The maximum atomic E-state index is 11.6. The zero-order valence-electron chi connectivity index (χ0n) is 12.9. The third-order valence-electron chi connectivity index (χ3n) is 3.58. The molecule has 1 aliphatic rings. The molecule has 1 aromatic carbocycles. The van der Waals surface area contributed by atoms with E-state index in [1.165, 1.54) is 0 Å². The zero-order chi connectivity index (χ0) is 17.0. The molecule has 1 N–H and O–H groups in total. The lowest BCUT2D eigenvalue weighted by molar-refractivity contribution is -0.425. The first kappa shape index (κ1) is 17.4. The number of nitrogens with zero attached hydrogens (tertiary/aromatic N) is 3. The molecule has 6 nitrogen and oxygen atoms in total. The SMILES string of the molecule is CN(Cc1ccccc1)C(=C(Cl)Cl)/C(=C1\NCCN1C)[N+](=O)[O-]. The number of benzene rings is 1. The molecule has 23 heavy (non-hydrogen) atoms. The smallest absolute Gasteiger partial charge is 0.334 e. The number of nitro groups is 1. The molecule has 0 saturated carbocycles. The Morgan fingerprint density at radius 1 is 1.39 bits per heavy atom. The molecule has 1 fully saturated rings. The van der Waals surface area contributed by atoms with Crippen LogP contribution in [0.25, 0.3) is 0 Å². The molecule has 0 atom stereocenters. The predicted molar refractivity (Wildman–Crippen MR) is 91.3 cm³/mol. The van der Waals surface area contributed by atoms with E-state index in [4.69, 9.17) is 23.2 Å². The average molecular weight is 357 g/mol. The molecule has 0 spiro atoms. The highest BCUT2D eigenvalue weighted by Gasteiger charge is 2.33. The Labute approximate surface area is 145 Å². The maximum Gasteiger partial charge on any atom is 0.334 e. The minimum absolute atomic E-state index is 0.122. The first-order valence-electron chi connectivity index (χ1n) is 7.06. The number of nitrogens with one attached hydrogen (secondary N) is 1. The topological polar surface area (TPSA) is 61.6 Å². The first-order chi connectivity index (χ1) is 10.9. The van der Waals surface area contributed by atoms with Gasteiger partial charge in [-0.3, -0.25) is 10.1 Å². The summed E-state index contributed by atoms with van der Waals surface area (Å²) in [6.07, 6.45) is 0. The van der Waals surface area contributed by atoms with Crippen LogP contribution in [0, 0.1) is 10.1 Å². The van der Waals surface area contributed by atoms with Gasteiger partial charge in [0.15, 0.2) is 11.5 Å². The van der Waals surface area contributed by atoms with E-state index in [0.717, 1.165) is 5.56 Å². The highest BCUT2D eigenvalue weighted by Crippen LogP contribution is 2.29. The van der Waals surface area contributed by atoms with Crippen LogP contribution in [-0.2, 0) is 6.54 Å². The Kier molecular flexibility index (Phi) is 5.74. The van der Waals surface area contributed by atoms with Crippen molar-refractivity contribution < 1.29 is 4.92 Å². The summed E-state index contributed by atoms with van der Waals surface area (Å²) in [4.78, 5) is 14.7. The van der Waals surface area contributed by atoms with Crippen molar-refractivity contribution in [2.45, 2.75) is 6.54 Å². The lowest BCUT2D eigenvalue weighted by atomic mass is 10.2.